The first-order valence-corrected chi connectivity index (χ1v) is 5.76. The van der Waals surface area contributed by atoms with E-state index < -0.39 is 48.8 Å². The Bertz CT molecular complexity index is 469. The van der Waals surface area contributed by atoms with Gasteiger partial charge in [-0.05, 0) is 0 Å². The lowest BCUT2D eigenvalue weighted by atomic mass is 9.99. The maximum atomic E-state index is 13.3. The molecule has 0 spiro atoms. The number of carbonyl (C=O) groups is 2. The van der Waals surface area contributed by atoms with Crippen LogP contribution in [0, 0.1) is 0 Å². The topological polar surface area (TPSA) is 52.6 Å². The van der Waals surface area contributed by atoms with Gasteiger partial charge in [0.15, 0.2) is 13.2 Å². The molecule has 0 aliphatic rings. The molecule has 0 aliphatic carbocycles. The minimum atomic E-state index is -6.65. The summed E-state index contributed by atoms with van der Waals surface area (Å²) < 4.78 is 113. The summed E-state index contributed by atoms with van der Waals surface area (Å²) >= 11 is 0. The van der Waals surface area contributed by atoms with Gasteiger partial charge in [0, 0.05) is 12.2 Å². The fraction of sp³-hybridized carbons (Fsp3) is 0.500. The molecule has 138 valence electrons. The summed E-state index contributed by atoms with van der Waals surface area (Å²) in [6.07, 6.45) is 0.519. The molecule has 0 heterocycles. The number of esters is 2. The Morgan fingerprint density at radius 2 is 0.958 bits per heavy atom. The van der Waals surface area contributed by atoms with Crippen LogP contribution in [0.5, 0.6) is 0 Å². The van der Waals surface area contributed by atoms with E-state index in [1.165, 1.54) is 0 Å². The summed E-state index contributed by atoms with van der Waals surface area (Å²) in [6, 6.07) is 0. The summed E-state index contributed by atoms with van der Waals surface area (Å²) in [7, 11) is 0. The second-order valence-corrected chi connectivity index (χ2v) is 4.18. The Morgan fingerprint density at radius 3 is 1.17 bits per heavy atom. The van der Waals surface area contributed by atoms with Crippen molar-refractivity contribution in [2.24, 2.45) is 0 Å². The molecule has 0 aromatic heterocycles. The largest absolute Gasteiger partial charge is 0.456 e. The van der Waals surface area contributed by atoms with E-state index in [1.54, 1.807) is 0 Å². The van der Waals surface area contributed by atoms with Gasteiger partial charge < -0.3 is 9.47 Å². The van der Waals surface area contributed by atoms with Gasteiger partial charge in [0.05, 0.1) is 0 Å². The van der Waals surface area contributed by atoms with Crippen molar-refractivity contribution in [3.8, 4) is 0 Å². The Morgan fingerprint density at radius 1 is 0.708 bits per heavy atom. The van der Waals surface area contributed by atoms with Crippen molar-refractivity contribution in [2.75, 3.05) is 13.2 Å². The van der Waals surface area contributed by atoms with Gasteiger partial charge in [-0.2, -0.15) is 35.1 Å². The molecule has 0 N–H and O–H groups in total. The molecule has 4 nitrogen and oxygen atoms in total. The normalized spacial score (nSPS) is 13.2. The molecule has 0 atom stereocenters. The van der Waals surface area contributed by atoms with E-state index in [0.717, 1.165) is 0 Å². The number of alkyl halides is 8. The third kappa shape index (κ3) is 4.23. The molecule has 0 fully saturated rings. The van der Waals surface area contributed by atoms with Crippen molar-refractivity contribution in [3.63, 3.8) is 0 Å². The standard InChI is InChI=1S/C12H10F8O4/c1-3-7(21)23-5-9(13,14)11(17,18)12(19,20)10(15,16)6-24-8(22)4-2/h3-4H,1-2,5-6H2. The molecule has 24 heavy (non-hydrogen) atoms. The molecular formula is C12H10F8O4. The molecule has 0 aromatic carbocycles. The molecule has 0 aromatic rings. The number of rotatable bonds is 9. The van der Waals surface area contributed by atoms with Gasteiger partial charge in [-0.1, -0.05) is 13.2 Å². The van der Waals surface area contributed by atoms with Gasteiger partial charge in [0.1, 0.15) is 0 Å². The lowest BCUT2D eigenvalue weighted by Crippen LogP contribution is -2.64. The summed E-state index contributed by atoms with van der Waals surface area (Å²) in [5.41, 5.74) is 0. The fourth-order valence-corrected chi connectivity index (χ4v) is 1.08. The van der Waals surface area contributed by atoms with Gasteiger partial charge in [0.2, 0.25) is 0 Å². The highest BCUT2D eigenvalue weighted by atomic mass is 19.4. The fourth-order valence-electron chi connectivity index (χ4n) is 1.08. The highest BCUT2D eigenvalue weighted by molar-refractivity contribution is 5.81. The van der Waals surface area contributed by atoms with Gasteiger partial charge in [0.25, 0.3) is 0 Å². The van der Waals surface area contributed by atoms with E-state index in [4.69, 9.17) is 0 Å². The Labute approximate surface area is 129 Å². The molecule has 12 heteroatoms. The van der Waals surface area contributed by atoms with Crippen molar-refractivity contribution >= 4 is 11.9 Å². The Kier molecular flexibility index (Phi) is 6.54. The second kappa shape index (κ2) is 7.18. The lowest BCUT2D eigenvalue weighted by molar-refractivity contribution is -0.374. The van der Waals surface area contributed by atoms with Gasteiger partial charge in [-0.25, -0.2) is 9.59 Å². The van der Waals surface area contributed by atoms with Gasteiger partial charge in [-0.3, -0.25) is 0 Å². The van der Waals surface area contributed by atoms with E-state index >= 15 is 0 Å². The van der Waals surface area contributed by atoms with E-state index in [9.17, 15) is 44.7 Å². The van der Waals surface area contributed by atoms with Crippen molar-refractivity contribution in [3.05, 3.63) is 25.3 Å². The molecule has 0 aliphatic heterocycles. The first-order valence-electron chi connectivity index (χ1n) is 5.76. The van der Waals surface area contributed by atoms with Gasteiger partial charge in [-0.15, -0.1) is 0 Å². The quantitative estimate of drug-likeness (QED) is 0.356. The highest BCUT2D eigenvalue weighted by Crippen LogP contribution is 2.52. The SMILES string of the molecule is C=CC(=O)OCC(F)(F)C(F)(F)C(F)(F)C(F)(F)COC(=O)C=C. The molecule has 0 saturated heterocycles. The van der Waals surface area contributed by atoms with Crippen molar-refractivity contribution in [1.82, 2.24) is 0 Å². The monoisotopic (exact) mass is 370 g/mol. The van der Waals surface area contributed by atoms with Crippen molar-refractivity contribution < 1.29 is 54.2 Å². The van der Waals surface area contributed by atoms with Crippen LogP contribution < -0.4 is 0 Å². The van der Waals surface area contributed by atoms with Crippen LogP contribution in [0.15, 0.2) is 25.3 Å². The van der Waals surface area contributed by atoms with E-state index in [0.29, 0.717) is 0 Å². The average Bonchev–Trinajstić information content (AvgIpc) is 2.49. The molecule has 0 saturated carbocycles. The molecular weight excluding hydrogens is 360 g/mol. The van der Waals surface area contributed by atoms with E-state index in [2.05, 4.69) is 22.6 Å². The smallest absolute Gasteiger partial charge is 0.381 e. The third-order valence-corrected chi connectivity index (χ3v) is 2.44. The number of carbonyl (C=O) groups excluding carboxylic acids is 2. The minimum Gasteiger partial charge on any atom is -0.456 e. The summed E-state index contributed by atoms with van der Waals surface area (Å²) in [6.45, 7) is 0.241. The van der Waals surface area contributed by atoms with Crippen LogP contribution in [0.3, 0.4) is 0 Å². The molecule has 0 amide bonds. The number of hydrogen-bond donors (Lipinski definition) is 0. The zero-order valence-corrected chi connectivity index (χ0v) is 11.6. The summed E-state index contributed by atoms with van der Waals surface area (Å²) in [5.74, 6) is -28.3. The van der Waals surface area contributed by atoms with Crippen LogP contribution in [0.2, 0.25) is 0 Å². The number of hydrogen-bond acceptors (Lipinski definition) is 4. The van der Waals surface area contributed by atoms with Crippen molar-refractivity contribution in [1.29, 1.82) is 0 Å². The molecule has 0 radical (unpaired) electrons. The summed E-state index contributed by atoms with van der Waals surface area (Å²) in [5, 5.41) is 0. The molecule has 0 rings (SSSR count). The number of halogens is 8. The average molecular weight is 370 g/mol. The number of ether oxygens (including phenoxy) is 2. The van der Waals surface area contributed by atoms with Crippen LogP contribution in [-0.2, 0) is 19.1 Å². The van der Waals surface area contributed by atoms with Crippen LogP contribution in [-0.4, -0.2) is 48.8 Å². The Balaban J connectivity index is 5.45. The van der Waals surface area contributed by atoms with Crippen LogP contribution in [0.25, 0.3) is 0 Å². The molecule has 0 unspecified atom stereocenters. The Hall–Kier alpha value is -2.14. The van der Waals surface area contributed by atoms with Crippen LogP contribution in [0.4, 0.5) is 35.1 Å². The first-order chi connectivity index (χ1) is 10.7. The minimum absolute atomic E-state index is 0.260. The maximum Gasteiger partial charge on any atom is 0.381 e. The van der Waals surface area contributed by atoms with Crippen LogP contribution in [0.1, 0.15) is 0 Å². The zero-order valence-electron chi connectivity index (χ0n) is 11.6. The second-order valence-electron chi connectivity index (χ2n) is 4.18. The van der Waals surface area contributed by atoms with E-state index in [-0.39, 0.29) is 12.2 Å². The van der Waals surface area contributed by atoms with Crippen LogP contribution >= 0.6 is 0 Å². The van der Waals surface area contributed by atoms with Crippen molar-refractivity contribution in [2.45, 2.75) is 23.7 Å². The maximum absolute atomic E-state index is 13.3. The third-order valence-electron chi connectivity index (χ3n) is 2.44. The predicted octanol–water partition coefficient (Wildman–Crippen LogP) is 2.99. The molecule has 0 bridgehead atoms. The first kappa shape index (κ1) is 21.9. The zero-order chi connectivity index (χ0) is 19.4. The summed E-state index contributed by atoms with van der Waals surface area (Å²) in [4.78, 5) is 21.0. The predicted molar refractivity (Wildman–Crippen MR) is 62.1 cm³/mol. The van der Waals surface area contributed by atoms with E-state index in [1.807, 2.05) is 0 Å². The van der Waals surface area contributed by atoms with Gasteiger partial charge >= 0.3 is 35.6 Å². The lowest BCUT2D eigenvalue weighted by Gasteiger charge is -2.36. The highest BCUT2D eigenvalue weighted by Gasteiger charge is 2.81.